The first kappa shape index (κ1) is 19.1. The third-order valence-corrected chi connectivity index (χ3v) is 2.92. The van der Waals surface area contributed by atoms with E-state index in [0.717, 1.165) is 0 Å². The largest absolute Gasteiger partial charge is 0.573 e. The number of halogens is 3. The lowest BCUT2D eigenvalue weighted by Crippen LogP contribution is -2.45. The number of carbonyl (C=O) groups excluding carboxylic acids is 1. The van der Waals surface area contributed by atoms with Crippen molar-refractivity contribution in [3.63, 3.8) is 0 Å². The highest BCUT2D eigenvalue weighted by Crippen LogP contribution is 2.24. The minimum atomic E-state index is -4.73. The molecule has 0 aliphatic carbocycles. The molecule has 0 saturated carbocycles. The number of ether oxygens (including phenoxy) is 1. The molecule has 1 unspecified atom stereocenters. The monoisotopic (exact) mass is 334 g/mol. The number of benzene rings is 1. The third-order valence-electron chi connectivity index (χ3n) is 2.92. The third kappa shape index (κ3) is 7.23. The number of alkyl halides is 3. The van der Waals surface area contributed by atoms with Gasteiger partial charge >= 0.3 is 12.4 Å². The molecule has 8 heteroatoms. The Labute approximate surface area is 133 Å². The first-order valence-electron chi connectivity index (χ1n) is 6.97. The first-order valence-corrected chi connectivity index (χ1v) is 6.97. The van der Waals surface area contributed by atoms with Crippen LogP contribution in [0.15, 0.2) is 24.3 Å². The zero-order valence-electron chi connectivity index (χ0n) is 13.4. The number of nitrogens with zero attached hydrogens (tertiary/aromatic N) is 1. The van der Waals surface area contributed by atoms with Gasteiger partial charge in [-0.25, -0.2) is 4.79 Å². The van der Waals surface area contributed by atoms with Crippen LogP contribution in [0.3, 0.4) is 0 Å². The van der Waals surface area contributed by atoms with E-state index in [1.54, 1.807) is 27.8 Å². The lowest BCUT2D eigenvalue weighted by atomic mass is 10.1. The molecule has 1 aromatic carbocycles. The predicted octanol–water partition coefficient (Wildman–Crippen LogP) is 3.06. The normalized spacial score (nSPS) is 13.4. The summed E-state index contributed by atoms with van der Waals surface area (Å²) in [5.74, 6) is -0.320. The summed E-state index contributed by atoms with van der Waals surface area (Å²) in [5, 5.41) is 12.4. The van der Waals surface area contributed by atoms with Crippen LogP contribution in [0.2, 0.25) is 0 Å². The Balaban J connectivity index is 2.64. The number of hydrogen-bond acceptors (Lipinski definition) is 3. The quantitative estimate of drug-likeness (QED) is 0.870. The Hall–Kier alpha value is -1.96. The van der Waals surface area contributed by atoms with Crippen molar-refractivity contribution < 1.29 is 27.8 Å². The van der Waals surface area contributed by atoms with Gasteiger partial charge in [0.2, 0.25) is 0 Å². The molecular weight excluding hydrogens is 313 g/mol. The molecule has 23 heavy (non-hydrogen) atoms. The van der Waals surface area contributed by atoms with Crippen molar-refractivity contribution in [2.24, 2.45) is 0 Å². The van der Waals surface area contributed by atoms with Gasteiger partial charge in [-0.3, -0.25) is 0 Å². The number of nitrogens with one attached hydrogen (secondary N) is 1. The second-order valence-electron chi connectivity index (χ2n) is 5.96. The van der Waals surface area contributed by atoms with Crippen LogP contribution in [-0.4, -0.2) is 41.6 Å². The van der Waals surface area contributed by atoms with Crippen LogP contribution in [0.5, 0.6) is 5.75 Å². The minimum absolute atomic E-state index is 0.143. The van der Waals surface area contributed by atoms with Gasteiger partial charge in [0.1, 0.15) is 5.75 Å². The first-order chi connectivity index (χ1) is 10.4. The van der Waals surface area contributed by atoms with E-state index in [9.17, 15) is 23.1 Å². The van der Waals surface area contributed by atoms with Crippen LogP contribution in [0.1, 0.15) is 32.4 Å². The molecule has 0 fully saturated rings. The summed E-state index contributed by atoms with van der Waals surface area (Å²) < 4.78 is 40.1. The van der Waals surface area contributed by atoms with E-state index in [4.69, 9.17) is 0 Å². The molecule has 0 aliphatic heterocycles. The predicted molar refractivity (Wildman–Crippen MR) is 79.0 cm³/mol. The molecule has 0 saturated heterocycles. The van der Waals surface area contributed by atoms with Gasteiger partial charge in [-0.15, -0.1) is 13.2 Å². The van der Waals surface area contributed by atoms with Gasteiger partial charge in [0.05, 0.1) is 18.2 Å². The van der Waals surface area contributed by atoms with E-state index in [-0.39, 0.29) is 12.3 Å². The van der Waals surface area contributed by atoms with Gasteiger partial charge in [-0.05, 0) is 38.5 Å². The number of urea groups is 1. The van der Waals surface area contributed by atoms with Gasteiger partial charge < -0.3 is 20.1 Å². The van der Waals surface area contributed by atoms with Gasteiger partial charge in [-0.1, -0.05) is 12.1 Å². The number of hydrogen-bond donors (Lipinski definition) is 2. The average molecular weight is 334 g/mol. The summed E-state index contributed by atoms with van der Waals surface area (Å²) in [7, 11) is 1.54. The SMILES string of the molecule is CC(NC(=O)N(C)CC(C)(C)O)c1ccc(OC(F)(F)F)cc1. The fourth-order valence-corrected chi connectivity index (χ4v) is 1.99. The van der Waals surface area contributed by atoms with E-state index < -0.39 is 24.0 Å². The van der Waals surface area contributed by atoms with Gasteiger partial charge in [0, 0.05) is 7.05 Å². The Bertz CT molecular complexity index is 524. The summed E-state index contributed by atoms with van der Waals surface area (Å²) in [4.78, 5) is 13.3. The number of aliphatic hydroxyl groups is 1. The zero-order valence-corrected chi connectivity index (χ0v) is 13.4. The number of likely N-dealkylation sites (N-methyl/N-ethyl adjacent to an activating group) is 1. The number of rotatable bonds is 5. The molecule has 5 nitrogen and oxygen atoms in total. The van der Waals surface area contributed by atoms with Crippen LogP contribution in [0, 0.1) is 0 Å². The lowest BCUT2D eigenvalue weighted by molar-refractivity contribution is -0.274. The summed E-state index contributed by atoms with van der Waals surface area (Å²) in [6, 6.07) is 4.46. The standard InChI is InChI=1S/C15H21F3N2O3/c1-10(19-13(21)20(4)9-14(2,3)22)11-5-7-12(8-6-11)23-15(16,17)18/h5-8,10,22H,9H2,1-4H3,(H,19,21). The summed E-state index contributed by atoms with van der Waals surface area (Å²) in [6.45, 7) is 5.01. The van der Waals surface area contributed by atoms with Gasteiger partial charge in [0.15, 0.2) is 0 Å². The minimum Gasteiger partial charge on any atom is -0.406 e. The van der Waals surface area contributed by atoms with Crippen molar-refractivity contribution in [3.8, 4) is 5.75 Å². The second kappa shape index (κ2) is 7.08. The fraction of sp³-hybridized carbons (Fsp3) is 0.533. The van der Waals surface area contributed by atoms with Crippen LogP contribution in [-0.2, 0) is 0 Å². The fourth-order valence-electron chi connectivity index (χ4n) is 1.99. The zero-order chi connectivity index (χ0) is 17.8. The van der Waals surface area contributed by atoms with E-state index in [2.05, 4.69) is 10.1 Å². The molecule has 0 bridgehead atoms. The van der Waals surface area contributed by atoms with Crippen molar-refractivity contribution >= 4 is 6.03 Å². The maximum Gasteiger partial charge on any atom is 0.573 e. The van der Waals surface area contributed by atoms with Crippen molar-refractivity contribution in [1.82, 2.24) is 10.2 Å². The van der Waals surface area contributed by atoms with Crippen molar-refractivity contribution in [2.45, 2.75) is 38.8 Å². The van der Waals surface area contributed by atoms with Crippen molar-refractivity contribution in [1.29, 1.82) is 0 Å². The molecule has 1 atom stereocenters. The Morgan fingerprint density at radius 1 is 1.30 bits per heavy atom. The highest BCUT2D eigenvalue weighted by atomic mass is 19.4. The number of carbonyl (C=O) groups is 1. The highest BCUT2D eigenvalue weighted by molar-refractivity contribution is 5.74. The van der Waals surface area contributed by atoms with E-state index >= 15 is 0 Å². The van der Waals surface area contributed by atoms with Gasteiger partial charge in [0.25, 0.3) is 0 Å². The smallest absolute Gasteiger partial charge is 0.406 e. The Morgan fingerprint density at radius 3 is 2.26 bits per heavy atom. The average Bonchev–Trinajstić information content (AvgIpc) is 2.35. The summed E-state index contributed by atoms with van der Waals surface area (Å²) in [5.41, 5.74) is -0.393. The lowest BCUT2D eigenvalue weighted by Gasteiger charge is -2.27. The molecule has 0 aliphatic rings. The van der Waals surface area contributed by atoms with E-state index in [0.29, 0.717) is 5.56 Å². The number of amides is 2. The van der Waals surface area contributed by atoms with E-state index in [1.807, 2.05) is 0 Å². The molecule has 1 rings (SSSR count). The highest BCUT2D eigenvalue weighted by Gasteiger charge is 2.31. The molecular formula is C15H21F3N2O3. The molecule has 0 radical (unpaired) electrons. The summed E-state index contributed by atoms with van der Waals surface area (Å²) >= 11 is 0. The van der Waals surface area contributed by atoms with E-state index in [1.165, 1.54) is 29.2 Å². The molecule has 2 amide bonds. The van der Waals surface area contributed by atoms with Crippen molar-refractivity contribution in [3.05, 3.63) is 29.8 Å². The van der Waals surface area contributed by atoms with Crippen molar-refractivity contribution in [2.75, 3.05) is 13.6 Å². The Kier molecular flexibility index (Phi) is 5.87. The maximum atomic E-state index is 12.1. The second-order valence-corrected chi connectivity index (χ2v) is 5.96. The molecule has 1 aromatic rings. The van der Waals surface area contributed by atoms with Crippen LogP contribution in [0.25, 0.3) is 0 Å². The van der Waals surface area contributed by atoms with Crippen LogP contribution < -0.4 is 10.1 Å². The van der Waals surface area contributed by atoms with Crippen LogP contribution in [0.4, 0.5) is 18.0 Å². The molecule has 0 heterocycles. The molecule has 130 valence electrons. The van der Waals surface area contributed by atoms with Gasteiger partial charge in [-0.2, -0.15) is 0 Å². The maximum absolute atomic E-state index is 12.1. The Morgan fingerprint density at radius 2 is 1.83 bits per heavy atom. The molecule has 2 N–H and O–H groups in total. The summed E-state index contributed by atoms with van der Waals surface area (Å²) in [6.07, 6.45) is -4.73. The topological polar surface area (TPSA) is 61.8 Å². The molecule has 0 spiro atoms. The molecule has 0 aromatic heterocycles. The van der Waals surface area contributed by atoms with Crippen LogP contribution >= 0.6 is 0 Å².